The van der Waals surface area contributed by atoms with Crippen molar-refractivity contribution < 1.29 is 23.5 Å². The SMILES string of the molecule is COC(=O)[C@H](Cc1c(C)cccc1C)NC(=O)[C@H](Cc1cccc(F)c1)NC(C)=O. The highest BCUT2D eigenvalue weighted by Crippen LogP contribution is 2.16. The molecule has 2 N–H and O–H groups in total. The van der Waals surface area contributed by atoms with Crippen molar-refractivity contribution in [1.82, 2.24) is 10.6 Å². The van der Waals surface area contributed by atoms with Crippen LogP contribution in [0.25, 0.3) is 0 Å². The van der Waals surface area contributed by atoms with E-state index in [0.717, 1.165) is 16.7 Å². The van der Waals surface area contributed by atoms with Gasteiger partial charge in [0.25, 0.3) is 0 Å². The van der Waals surface area contributed by atoms with Crippen LogP contribution in [-0.4, -0.2) is 37.0 Å². The van der Waals surface area contributed by atoms with Crippen molar-refractivity contribution in [3.8, 4) is 0 Å². The van der Waals surface area contributed by atoms with Crippen molar-refractivity contribution in [1.29, 1.82) is 0 Å². The summed E-state index contributed by atoms with van der Waals surface area (Å²) in [5, 5.41) is 5.26. The van der Waals surface area contributed by atoms with E-state index in [4.69, 9.17) is 4.74 Å². The summed E-state index contributed by atoms with van der Waals surface area (Å²) in [6.07, 6.45) is 0.337. The van der Waals surface area contributed by atoms with Crippen LogP contribution < -0.4 is 10.6 Å². The number of carbonyl (C=O) groups excluding carboxylic acids is 3. The van der Waals surface area contributed by atoms with Crippen molar-refractivity contribution in [3.05, 3.63) is 70.5 Å². The van der Waals surface area contributed by atoms with Crippen LogP contribution in [0.5, 0.6) is 0 Å². The van der Waals surface area contributed by atoms with Gasteiger partial charge in [-0.1, -0.05) is 30.3 Å². The highest BCUT2D eigenvalue weighted by molar-refractivity contribution is 5.90. The van der Waals surface area contributed by atoms with Gasteiger partial charge >= 0.3 is 5.97 Å². The number of ether oxygens (including phenoxy) is 1. The normalized spacial score (nSPS) is 12.6. The molecule has 0 bridgehead atoms. The maximum Gasteiger partial charge on any atom is 0.328 e. The summed E-state index contributed by atoms with van der Waals surface area (Å²) < 4.78 is 18.4. The summed E-state index contributed by atoms with van der Waals surface area (Å²) in [6, 6.07) is 9.70. The molecule has 0 aliphatic rings. The molecule has 2 aromatic rings. The van der Waals surface area contributed by atoms with E-state index in [1.54, 1.807) is 6.07 Å². The van der Waals surface area contributed by atoms with Gasteiger partial charge in [-0.2, -0.15) is 0 Å². The molecule has 0 radical (unpaired) electrons. The van der Waals surface area contributed by atoms with E-state index in [0.29, 0.717) is 5.56 Å². The molecule has 2 aromatic carbocycles. The molecule has 0 heterocycles. The Labute approximate surface area is 175 Å². The smallest absolute Gasteiger partial charge is 0.328 e. The lowest BCUT2D eigenvalue weighted by Gasteiger charge is -2.23. The number of nitrogens with one attached hydrogen (secondary N) is 2. The topological polar surface area (TPSA) is 84.5 Å². The maximum atomic E-state index is 13.5. The highest BCUT2D eigenvalue weighted by Gasteiger charge is 2.28. The summed E-state index contributed by atoms with van der Waals surface area (Å²) in [7, 11) is 1.25. The highest BCUT2D eigenvalue weighted by atomic mass is 19.1. The first-order valence-corrected chi connectivity index (χ1v) is 9.66. The molecule has 0 aromatic heterocycles. The van der Waals surface area contributed by atoms with Crippen molar-refractivity contribution in [2.75, 3.05) is 7.11 Å². The summed E-state index contributed by atoms with van der Waals surface area (Å²) in [5.74, 6) is -1.97. The Kier molecular flexibility index (Phi) is 8.09. The predicted octanol–water partition coefficient (Wildman–Crippen LogP) is 2.39. The largest absolute Gasteiger partial charge is 0.467 e. The lowest BCUT2D eigenvalue weighted by molar-refractivity contribution is -0.145. The van der Waals surface area contributed by atoms with E-state index in [1.807, 2.05) is 32.0 Å². The fourth-order valence-corrected chi connectivity index (χ4v) is 3.34. The Balaban J connectivity index is 2.23. The zero-order valence-electron chi connectivity index (χ0n) is 17.6. The Hall–Kier alpha value is -3.22. The number of aryl methyl sites for hydroxylation is 2. The minimum absolute atomic E-state index is 0.0838. The molecular formula is C23H27FN2O4. The number of carbonyl (C=O) groups is 3. The van der Waals surface area contributed by atoms with Crippen molar-refractivity contribution in [2.24, 2.45) is 0 Å². The standard InChI is InChI=1S/C23H27FN2O4/c1-14-7-5-8-15(2)19(14)13-21(23(29)30-4)26-22(28)20(25-16(3)27)12-17-9-6-10-18(24)11-17/h5-11,20-21H,12-13H2,1-4H3,(H,25,27)(H,26,28)/t20-,21-/m0/s1. The average Bonchev–Trinajstić information content (AvgIpc) is 2.68. The summed E-state index contributed by atoms with van der Waals surface area (Å²) >= 11 is 0. The van der Waals surface area contributed by atoms with Gasteiger partial charge in [0.05, 0.1) is 7.11 Å². The number of halogens is 1. The van der Waals surface area contributed by atoms with E-state index < -0.39 is 35.7 Å². The van der Waals surface area contributed by atoms with Crippen LogP contribution in [0, 0.1) is 19.7 Å². The first-order chi connectivity index (χ1) is 14.2. The van der Waals surface area contributed by atoms with Gasteiger partial charge in [0.15, 0.2) is 0 Å². The second-order valence-corrected chi connectivity index (χ2v) is 7.25. The number of benzene rings is 2. The van der Waals surface area contributed by atoms with Crippen LogP contribution in [0.3, 0.4) is 0 Å². The van der Waals surface area contributed by atoms with Crippen LogP contribution >= 0.6 is 0 Å². The number of amides is 2. The zero-order chi connectivity index (χ0) is 22.3. The Morgan fingerprint density at radius 2 is 1.60 bits per heavy atom. The third-order valence-corrected chi connectivity index (χ3v) is 4.88. The van der Waals surface area contributed by atoms with Gasteiger partial charge in [0, 0.05) is 19.8 Å². The van der Waals surface area contributed by atoms with Crippen LogP contribution in [-0.2, 0) is 32.0 Å². The van der Waals surface area contributed by atoms with Crippen molar-refractivity contribution in [2.45, 2.75) is 45.7 Å². The Bertz CT molecular complexity index is 909. The molecule has 0 spiro atoms. The number of hydrogen-bond acceptors (Lipinski definition) is 4. The molecule has 6 nitrogen and oxygen atoms in total. The Morgan fingerprint density at radius 3 is 2.17 bits per heavy atom. The van der Waals surface area contributed by atoms with E-state index in [1.165, 1.54) is 32.2 Å². The first kappa shape index (κ1) is 23.1. The van der Waals surface area contributed by atoms with E-state index in [-0.39, 0.29) is 12.8 Å². The summed E-state index contributed by atoms with van der Waals surface area (Å²) in [5.41, 5.74) is 3.48. The zero-order valence-corrected chi connectivity index (χ0v) is 17.6. The molecule has 0 saturated heterocycles. The minimum atomic E-state index is -0.963. The quantitative estimate of drug-likeness (QED) is 0.650. The third-order valence-electron chi connectivity index (χ3n) is 4.88. The molecule has 0 saturated carbocycles. The molecule has 0 aliphatic carbocycles. The van der Waals surface area contributed by atoms with E-state index >= 15 is 0 Å². The van der Waals surface area contributed by atoms with Gasteiger partial charge in [-0.25, -0.2) is 9.18 Å². The first-order valence-electron chi connectivity index (χ1n) is 9.66. The number of rotatable bonds is 8. The summed E-state index contributed by atoms with van der Waals surface area (Å²) in [6.45, 7) is 5.16. The molecular weight excluding hydrogens is 387 g/mol. The fraction of sp³-hybridized carbons (Fsp3) is 0.348. The second kappa shape index (κ2) is 10.5. The predicted molar refractivity (Wildman–Crippen MR) is 111 cm³/mol. The summed E-state index contributed by atoms with van der Waals surface area (Å²) in [4.78, 5) is 36.9. The molecule has 30 heavy (non-hydrogen) atoms. The molecule has 0 fully saturated rings. The molecule has 7 heteroatoms. The molecule has 2 amide bonds. The average molecular weight is 414 g/mol. The van der Waals surface area contributed by atoms with Gasteiger partial charge in [0.2, 0.25) is 11.8 Å². The maximum absolute atomic E-state index is 13.5. The fourth-order valence-electron chi connectivity index (χ4n) is 3.34. The van der Waals surface area contributed by atoms with Crippen LogP contribution in [0.15, 0.2) is 42.5 Å². The van der Waals surface area contributed by atoms with E-state index in [2.05, 4.69) is 10.6 Å². The molecule has 0 aliphatic heterocycles. The third kappa shape index (κ3) is 6.40. The van der Waals surface area contributed by atoms with Gasteiger partial charge < -0.3 is 15.4 Å². The number of esters is 1. The lowest BCUT2D eigenvalue weighted by atomic mass is 9.96. The number of methoxy groups -OCH3 is 1. The van der Waals surface area contributed by atoms with Gasteiger partial charge in [0.1, 0.15) is 17.9 Å². The number of hydrogen-bond donors (Lipinski definition) is 2. The van der Waals surface area contributed by atoms with Gasteiger partial charge in [-0.05, 0) is 48.2 Å². The molecule has 0 unspecified atom stereocenters. The lowest BCUT2D eigenvalue weighted by Crippen LogP contribution is -2.53. The van der Waals surface area contributed by atoms with Crippen LogP contribution in [0.2, 0.25) is 0 Å². The Morgan fingerprint density at radius 1 is 0.967 bits per heavy atom. The van der Waals surface area contributed by atoms with Gasteiger partial charge in [-0.3, -0.25) is 9.59 Å². The molecule has 160 valence electrons. The van der Waals surface area contributed by atoms with Crippen molar-refractivity contribution >= 4 is 17.8 Å². The van der Waals surface area contributed by atoms with Crippen LogP contribution in [0.1, 0.15) is 29.2 Å². The van der Waals surface area contributed by atoms with Crippen molar-refractivity contribution in [3.63, 3.8) is 0 Å². The van der Waals surface area contributed by atoms with Gasteiger partial charge in [-0.15, -0.1) is 0 Å². The minimum Gasteiger partial charge on any atom is -0.467 e. The molecule has 2 rings (SSSR count). The van der Waals surface area contributed by atoms with E-state index in [9.17, 15) is 18.8 Å². The van der Waals surface area contributed by atoms with Crippen LogP contribution in [0.4, 0.5) is 4.39 Å². The monoisotopic (exact) mass is 414 g/mol. The second-order valence-electron chi connectivity index (χ2n) is 7.25. The molecule has 2 atom stereocenters.